The summed E-state index contributed by atoms with van der Waals surface area (Å²) >= 11 is 0. The van der Waals surface area contributed by atoms with Crippen LogP contribution < -0.4 is 5.73 Å². The van der Waals surface area contributed by atoms with Gasteiger partial charge in [0, 0.05) is 19.3 Å². The third kappa shape index (κ3) is 3.72. The van der Waals surface area contributed by atoms with E-state index in [4.69, 9.17) is 10.5 Å². The van der Waals surface area contributed by atoms with Gasteiger partial charge in [-0.05, 0) is 50.4 Å². The van der Waals surface area contributed by atoms with Gasteiger partial charge in [-0.2, -0.15) is 0 Å². The summed E-state index contributed by atoms with van der Waals surface area (Å²) in [7, 11) is 1.82. The molecule has 2 N–H and O–H groups in total. The smallest absolute Gasteiger partial charge is 0.0698 e. The lowest BCUT2D eigenvalue weighted by Gasteiger charge is -2.31. The molecular weight excluding hydrogens is 224 g/mol. The fourth-order valence-electron chi connectivity index (χ4n) is 2.66. The molecule has 0 aliphatic carbocycles. The Kier molecular flexibility index (Phi) is 5.02. The van der Waals surface area contributed by atoms with Crippen molar-refractivity contribution >= 4 is 5.69 Å². The van der Waals surface area contributed by atoms with Gasteiger partial charge < -0.3 is 15.4 Å². The standard InChI is InChI=1S/C15H24N2O/c1-18-14-8-5-11-17(12-14)10-4-7-13-6-2-3-9-15(13)16/h2-3,6,9,14H,4-5,7-8,10-12,16H2,1H3. The molecule has 0 bridgehead atoms. The van der Waals surface area contributed by atoms with E-state index >= 15 is 0 Å². The van der Waals surface area contributed by atoms with Crippen LogP contribution in [0.15, 0.2) is 24.3 Å². The lowest BCUT2D eigenvalue weighted by Crippen LogP contribution is -2.39. The van der Waals surface area contributed by atoms with Gasteiger partial charge in [0.2, 0.25) is 0 Å². The number of likely N-dealkylation sites (tertiary alicyclic amines) is 1. The zero-order valence-electron chi connectivity index (χ0n) is 11.3. The summed E-state index contributed by atoms with van der Waals surface area (Å²) in [5.74, 6) is 0. The number of nitrogens with zero attached hydrogens (tertiary/aromatic N) is 1. The lowest BCUT2D eigenvalue weighted by atomic mass is 10.1. The molecule has 1 fully saturated rings. The summed E-state index contributed by atoms with van der Waals surface area (Å²) in [4.78, 5) is 2.51. The van der Waals surface area contributed by atoms with Gasteiger partial charge in [0.1, 0.15) is 0 Å². The van der Waals surface area contributed by atoms with E-state index in [0.717, 1.165) is 25.2 Å². The molecule has 0 radical (unpaired) electrons. The Morgan fingerprint density at radius 2 is 2.22 bits per heavy atom. The minimum Gasteiger partial charge on any atom is -0.399 e. The van der Waals surface area contributed by atoms with Crippen molar-refractivity contribution in [2.45, 2.75) is 31.8 Å². The molecule has 0 amide bonds. The molecule has 3 heteroatoms. The molecule has 1 heterocycles. The van der Waals surface area contributed by atoms with E-state index in [9.17, 15) is 0 Å². The number of nitrogen functional groups attached to an aromatic ring is 1. The lowest BCUT2D eigenvalue weighted by molar-refractivity contribution is 0.0311. The van der Waals surface area contributed by atoms with E-state index in [1.807, 2.05) is 19.2 Å². The van der Waals surface area contributed by atoms with Crippen LogP contribution in [0, 0.1) is 0 Å². The number of rotatable bonds is 5. The molecule has 1 aromatic rings. The summed E-state index contributed by atoms with van der Waals surface area (Å²) in [5, 5.41) is 0. The molecule has 1 atom stereocenters. The van der Waals surface area contributed by atoms with Crippen LogP contribution in [0.4, 0.5) is 5.69 Å². The Morgan fingerprint density at radius 1 is 1.39 bits per heavy atom. The van der Waals surface area contributed by atoms with E-state index in [0.29, 0.717) is 6.10 Å². The molecular formula is C15H24N2O. The maximum absolute atomic E-state index is 5.95. The van der Waals surface area contributed by atoms with Gasteiger partial charge in [-0.3, -0.25) is 0 Å². The highest BCUT2D eigenvalue weighted by atomic mass is 16.5. The number of aryl methyl sites for hydroxylation is 1. The number of nitrogens with two attached hydrogens (primary N) is 1. The molecule has 100 valence electrons. The van der Waals surface area contributed by atoms with Crippen LogP contribution in [0.25, 0.3) is 0 Å². The average Bonchev–Trinajstić information content (AvgIpc) is 2.41. The Labute approximate surface area is 110 Å². The van der Waals surface area contributed by atoms with Crippen LogP contribution in [-0.4, -0.2) is 37.7 Å². The third-order valence-electron chi connectivity index (χ3n) is 3.77. The van der Waals surface area contributed by atoms with Crippen molar-refractivity contribution in [3.05, 3.63) is 29.8 Å². The Bertz CT molecular complexity index is 367. The molecule has 1 aliphatic heterocycles. The summed E-state index contributed by atoms with van der Waals surface area (Å²) in [6.45, 7) is 3.44. The predicted octanol–water partition coefficient (Wildman–Crippen LogP) is 2.31. The van der Waals surface area contributed by atoms with Gasteiger partial charge in [0.15, 0.2) is 0 Å². The number of benzene rings is 1. The minimum absolute atomic E-state index is 0.431. The highest BCUT2D eigenvalue weighted by Crippen LogP contribution is 2.15. The molecule has 1 unspecified atom stereocenters. The van der Waals surface area contributed by atoms with Crippen molar-refractivity contribution in [3.63, 3.8) is 0 Å². The van der Waals surface area contributed by atoms with Crippen molar-refractivity contribution in [3.8, 4) is 0 Å². The highest BCUT2D eigenvalue weighted by molar-refractivity contribution is 5.46. The molecule has 1 aromatic carbocycles. The van der Waals surface area contributed by atoms with E-state index < -0.39 is 0 Å². The Morgan fingerprint density at radius 3 is 3.00 bits per heavy atom. The first-order valence-corrected chi connectivity index (χ1v) is 6.88. The first kappa shape index (κ1) is 13.4. The second kappa shape index (κ2) is 6.76. The number of piperidine rings is 1. The summed E-state index contributed by atoms with van der Waals surface area (Å²) in [5.41, 5.74) is 8.15. The predicted molar refractivity (Wildman–Crippen MR) is 75.6 cm³/mol. The molecule has 1 saturated heterocycles. The Hall–Kier alpha value is -1.06. The van der Waals surface area contributed by atoms with Crippen molar-refractivity contribution in [2.24, 2.45) is 0 Å². The maximum atomic E-state index is 5.95. The first-order chi connectivity index (χ1) is 8.79. The molecule has 2 rings (SSSR count). The SMILES string of the molecule is COC1CCCN(CCCc2ccccc2N)C1. The number of hydrogen-bond acceptors (Lipinski definition) is 3. The normalized spacial score (nSPS) is 21.1. The number of methoxy groups -OCH3 is 1. The quantitative estimate of drug-likeness (QED) is 0.813. The van der Waals surface area contributed by atoms with E-state index in [1.165, 1.54) is 31.4 Å². The molecule has 0 aromatic heterocycles. The molecule has 0 saturated carbocycles. The van der Waals surface area contributed by atoms with E-state index in [-0.39, 0.29) is 0 Å². The topological polar surface area (TPSA) is 38.5 Å². The van der Waals surface area contributed by atoms with Crippen molar-refractivity contribution in [1.29, 1.82) is 0 Å². The maximum Gasteiger partial charge on any atom is 0.0698 e. The second-order valence-corrected chi connectivity index (χ2v) is 5.10. The largest absolute Gasteiger partial charge is 0.399 e. The van der Waals surface area contributed by atoms with Crippen molar-refractivity contribution in [2.75, 3.05) is 32.5 Å². The summed E-state index contributed by atoms with van der Waals surface area (Å²) < 4.78 is 5.44. The fourth-order valence-corrected chi connectivity index (χ4v) is 2.66. The van der Waals surface area contributed by atoms with Gasteiger partial charge in [-0.15, -0.1) is 0 Å². The van der Waals surface area contributed by atoms with Crippen molar-refractivity contribution in [1.82, 2.24) is 4.90 Å². The van der Waals surface area contributed by atoms with E-state index in [1.54, 1.807) is 0 Å². The van der Waals surface area contributed by atoms with Crippen LogP contribution in [-0.2, 0) is 11.2 Å². The summed E-state index contributed by atoms with van der Waals surface area (Å²) in [6.07, 6.45) is 5.14. The fraction of sp³-hybridized carbons (Fsp3) is 0.600. The van der Waals surface area contributed by atoms with Crippen LogP contribution in [0.5, 0.6) is 0 Å². The number of hydrogen-bond donors (Lipinski definition) is 1. The van der Waals surface area contributed by atoms with Crippen LogP contribution in [0.2, 0.25) is 0 Å². The number of ether oxygens (including phenoxy) is 1. The summed E-state index contributed by atoms with van der Waals surface area (Å²) in [6, 6.07) is 8.17. The van der Waals surface area contributed by atoms with Gasteiger partial charge in [0.05, 0.1) is 6.10 Å². The Balaban J connectivity index is 1.73. The zero-order chi connectivity index (χ0) is 12.8. The van der Waals surface area contributed by atoms with Gasteiger partial charge >= 0.3 is 0 Å². The average molecular weight is 248 g/mol. The molecule has 1 aliphatic rings. The molecule has 18 heavy (non-hydrogen) atoms. The van der Waals surface area contributed by atoms with Crippen molar-refractivity contribution < 1.29 is 4.74 Å². The second-order valence-electron chi connectivity index (χ2n) is 5.10. The molecule has 0 spiro atoms. The molecule has 3 nitrogen and oxygen atoms in total. The number of anilines is 1. The minimum atomic E-state index is 0.431. The van der Waals surface area contributed by atoms with Gasteiger partial charge in [0.25, 0.3) is 0 Å². The highest BCUT2D eigenvalue weighted by Gasteiger charge is 2.18. The van der Waals surface area contributed by atoms with E-state index in [2.05, 4.69) is 17.0 Å². The van der Waals surface area contributed by atoms with Crippen LogP contribution >= 0.6 is 0 Å². The first-order valence-electron chi connectivity index (χ1n) is 6.88. The zero-order valence-corrected chi connectivity index (χ0v) is 11.3. The monoisotopic (exact) mass is 248 g/mol. The number of para-hydroxylation sites is 1. The third-order valence-corrected chi connectivity index (χ3v) is 3.77. The van der Waals surface area contributed by atoms with Gasteiger partial charge in [-0.25, -0.2) is 0 Å². The van der Waals surface area contributed by atoms with Crippen LogP contribution in [0.1, 0.15) is 24.8 Å². The van der Waals surface area contributed by atoms with Crippen LogP contribution in [0.3, 0.4) is 0 Å². The van der Waals surface area contributed by atoms with Gasteiger partial charge in [-0.1, -0.05) is 18.2 Å².